The molecule has 1 fully saturated rings. The summed E-state index contributed by atoms with van der Waals surface area (Å²) >= 11 is 3.69. The van der Waals surface area contributed by atoms with Gasteiger partial charge in [-0.3, -0.25) is 0 Å². The van der Waals surface area contributed by atoms with Crippen LogP contribution in [-0.4, -0.2) is 11.0 Å². The predicted octanol–water partition coefficient (Wildman–Crippen LogP) is 4.32. The van der Waals surface area contributed by atoms with E-state index in [0.29, 0.717) is 6.04 Å². The van der Waals surface area contributed by atoms with Crippen LogP contribution < -0.4 is 4.90 Å². The fourth-order valence-corrected chi connectivity index (χ4v) is 2.73. The monoisotopic (exact) mass is 316 g/mol. The van der Waals surface area contributed by atoms with Crippen LogP contribution in [0.1, 0.15) is 24.0 Å². The second-order valence-electron chi connectivity index (χ2n) is 5.11. The van der Waals surface area contributed by atoms with Gasteiger partial charge >= 0.3 is 0 Å². The molecule has 1 aromatic carbocycles. The van der Waals surface area contributed by atoms with Crippen LogP contribution in [0, 0.1) is 6.92 Å². The molecule has 98 valence electrons. The largest absolute Gasteiger partial charge is 0.348 e. The molecule has 3 heteroatoms. The van der Waals surface area contributed by atoms with Crippen molar-refractivity contribution in [2.45, 2.75) is 32.4 Å². The molecular formula is C16H17BrN2. The van der Waals surface area contributed by atoms with Gasteiger partial charge in [-0.15, -0.1) is 0 Å². The van der Waals surface area contributed by atoms with Crippen molar-refractivity contribution >= 4 is 21.7 Å². The minimum Gasteiger partial charge on any atom is -0.348 e. The van der Waals surface area contributed by atoms with E-state index in [9.17, 15) is 0 Å². The van der Waals surface area contributed by atoms with Crippen molar-refractivity contribution in [3.63, 3.8) is 0 Å². The van der Waals surface area contributed by atoms with Gasteiger partial charge in [-0.1, -0.05) is 30.3 Å². The zero-order valence-corrected chi connectivity index (χ0v) is 12.6. The second kappa shape index (κ2) is 5.33. The Labute approximate surface area is 122 Å². The van der Waals surface area contributed by atoms with E-state index in [-0.39, 0.29) is 0 Å². The number of benzene rings is 1. The molecule has 1 aliphatic rings. The van der Waals surface area contributed by atoms with Gasteiger partial charge in [0.05, 0.1) is 4.47 Å². The molecule has 1 saturated carbocycles. The normalized spacial score (nSPS) is 14.4. The van der Waals surface area contributed by atoms with Crippen LogP contribution in [0.2, 0.25) is 0 Å². The number of rotatable bonds is 4. The topological polar surface area (TPSA) is 16.1 Å². The van der Waals surface area contributed by atoms with Crippen molar-refractivity contribution in [1.29, 1.82) is 0 Å². The minimum absolute atomic E-state index is 0.644. The van der Waals surface area contributed by atoms with Gasteiger partial charge in [0.15, 0.2) is 0 Å². The van der Waals surface area contributed by atoms with Crippen molar-refractivity contribution in [2.24, 2.45) is 0 Å². The standard InChI is InChI=1S/C16H17BrN2/c1-12-9-10-18-16(15(12)17)19(14-7-8-14)11-13-5-3-2-4-6-13/h2-6,9-10,14H,7-8,11H2,1H3. The Bertz CT molecular complexity index is 564. The van der Waals surface area contributed by atoms with Crippen molar-refractivity contribution < 1.29 is 0 Å². The predicted molar refractivity (Wildman–Crippen MR) is 82.3 cm³/mol. The van der Waals surface area contributed by atoms with E-state index in [1.165, 1.54) is 24.0 Å². The highest BCUT2D eigenvalue weighted by Gasteiger charge is 2.31. The molecule has 0 N–H and O–H groups in total. The Balaban J connectivity index is 1.91. The molecule has 0 aliphatic heterocycles. The third-order valence-corrected chi connectivity index (χ3v) is 4.50. The van der Waals surface area contributed by atoms with Crippen LogP contribution >= 0.6 is 15.9 Å². The zero-order valence-electron chi connectivity index (χ0n) is 11.0. The minimum atomic E-state index is 0.644. The maximum atomic E-state index is 4.58. The quantitative estimate of drug-likeness (QED) is 0.835. The Hall–Kier alpha value is -1.35. The first kappa shape index (κ1) is 12.7. The first-order valence-corrected chi connectivity index (χ1v) is 7.46. The van der Waals surface area contributed by atoms with Crippen molar-refractivity contribution in [2.75, 3.05) is 4.90 Å². The first-order chi connectivity index (χ1) is 9.25. The summed E-state index contributed by atoms with van der Waals surface area (Å²) in [6.45, 7) is 3.05. The number of nitrogens with zero attached hydrogens (tertiary/aromatic N) is 2. The average Bonchev–Trinajstić information content (AvgIpc) is 3.25. The summed E-state index contributed by atoms with van der Waals surface area (Å²) in [5, 5.41) is 0. The van der Waals surface area contributed by atoms with E-state index in [1.807, 2.05) is 12.3 Å². The van der Waals surface area contributed by atoms with Crippen LogP contribution in [-0.2, 0) is 6.54 Å². The lowest BCUT2D eigenvalue weighted by atomic mass is 10.2. The highest BCUT2D eigenvalue weighted by Crippen LogP contribution is 2.36. The number of halogens is 1. The Kier molecular flexibility index (Phi) is 3.56. The van der Waals surface area contributed by atoms with Crippen molar-refractivity contribution in [3.8, 4) is 0 Å². The fraction of sp³-hybridized carbons (Fsp3) is 0.312. The molecule has 2 aromatic rings. The molecule has 0 unspecified atom stereocenters. The Morgan fingerprint density at radius 3 is 2.63 bits per heavy atom. The molecule has 0 spiro atoms. The summed E-state index contributed by atoms with van der Waals surface area (Å²) in [4.78, 5) is 7.00. The van der Waals surface area contributed by atoms with E-state index in [0.717, 1.165) is 16.8 Å². The van der Waals surface area contributed by atoms with Gasteiger partial charge in [-0.2, -0.15) is 0 Å². The number of aryl methyl sites for hydroxylation is 1. The molecule has 2 nitrogen and oxygen atoms in total. The summed E-state index contributed by atoms with van der Waals surface area (Å²) in [5.74, 6) is 1.08. The van der Waals surface area contributed by atoms with Crippen molar-refractivity contribution in [1.82, 2.24) is 4.98 Å². The number of hydrogen-bond acceptors (Lipinski definition) is 2. The lowest BCUT2D eigenvalue weighted by Crippen LogP contribution is -2.26. The van der Waals surface area contributed by atoms with E-state index in [1.54, 1.807) is 0 Å². The smallest absolute Gasteiger partial charge is 0.143 e. The van der Waals surface area contributed by atoms with Crippen LogP contribution in [0.3, 0.4) is 0 Å². The van der Waals surface area contributed by atoms with Gasteiger partial charge in [-0.25, -0.2) is 4.98 Å². The number of pyridine rings is 1. The maximum Gasteiger partial charge on any atom is 0.143 e. The summed E-state index contributed by atoms with van der Waals surface area (Å²) in [7, 11) is 0. The zero-order chi connectivity index (χ0) is 13.2. The molecule has 0 amide bonds. The van der Waals surface area contributed by atoms with Crippen LogP contribution in [0.4, 0.5) is 5.82 Å². The fourth-order valence-electron chi connectivity index (χ4n) is 2.27. The SMILES string of the molecule is Cc1ccnc(N(Cc2ccccc2)C2CC2)c1Br. The van der Waals surface area contributed by atoms with Crippen molar-refractivity contribution in [3.05, 3.63) is 58.2 Å². The Morgan fingerprint density at radius 1 is 1.21 bits per heavy atom. The average molecular weight is 317 g/mol. The lowest BCUT2D eigenvalue weighted by molar-refractivity contribution is 0.774. The van der Waals surface area contributed by atoms with Crippen LogP contribution in [0.5, 0.6) is 0 Å². The number of aromatic nitrogens is 1. The van der Waals surface area contributed by atoms with Gasteiger partial charge in [-0.05, 0) is 52.9 Å². The first-order valence-electron chi connectivity index (χ1n) is 6.67. The van der Waals surface area contributed by atoms with E-state index in [4.69, 9.17) is 0 Å². The molecule has 0 saturated heterocycles. The van der Waals surface area contributed by atoms with Crippen LogP contribution in [0.15, 0.2) is 47.1 Å². The molecule has 1 aliphatic carbocycles. The van der Waals surface area contributed by atoms with Crippen LogP contribution in [0.25, 0.3) is 0 Å². The molecule has 3 rings (SSSR count). The second-order valence-corrected chi connectivity index (χ2v) is 5.90. The number of anilines is 1. The molecule has 0 radical (unpaired) electrons. The van der Waals surface area contributed by atoms with E-state index < -0.39 is 0 Å². The highest BCUT2D eigenvalue weighted by molar-refractivity contribution is 9.10. The summed E-state index contributed by atoms with van der Waals surface area (Å²) in [5.41, 5.74) is 2.58. The summed E-state index contributed by atoms with van der Waals surface area (Å²) < 4.78 is 1.12. The Morgan fingerprint density at radius 2 is 1.95 bits per heavy atom. The third-order valence-electron chi connectivity index (χ3n) is 3.52. The van der Waals surface area contributed by atoms with Gasteiger partial charge in [0.25, 0.3) is 0 Å². The third kappa shape index (κ3) is 2.81. The molecule has 19 heavy (non-hydrogen) atoms. The highest BCUT2D eigenvalue weighted by atomic mass is 79.9. The van der Waals surface area contributed by atoms with Gasteiger partial charge < -0.3 is 4.90 Å². The summed E-state index contributed by atoms with van der Waals surface area (Å²) in [6.07, 6.45) is 4.44. The summed E-state index contributed by atoms with van der Waals surface area (Å²) in [6, 6.07) is 13.3. The number of hydrogen-bond donors (Lipinski definition) is 0. The molecule has 0 atom stereocenters. The van der Waals surface area contributed by atoms with Gasteiger partial charge in [0.1, 0.15) is 5.82 Å². The lowest BCUT2D eigenvalue weighted by Gasteiger charge is -2.25. The van der Waals surface area contributed by atoms with Gasteiger partial charge in [0, 0.05) is 18.8 Å². The van der Waals surface area contributed by atoms with Gasteiger partial charge in [0.2, 0.25) is 0 Å². The molecular weight excluding hydrogens is 300 g/mol. The molecule has 1 heterocycles. The maximum absolute atomic E-state index is 4.58. The van der Waals surface area contributed by atoms with E-state index in [2.05, 4.69) is 63.1 Å². The van der Waals surface area contributed by atoms with E-state index >= 15 is 0 Å². The molecule has 0 bridgehead atoms. The molecule has 1 aromatic heterocycles.